The van der Waals surface area contributed by atoms with Crippen molar-refractivity contribution in [3.05, 3.63) is 51.6 Å². The summed E-state index contributed by atoms with van der Waals surface area (Å²) >= 11 is 2.33. The quantitative estimate of drug-likeness (QED) is 0.290. The molecule has 0 fully saturated rings. The first-order chi connectivity index (χ1) is 12.8. The van der Waals surface area contributed by atoms with Gasteiger partial charge in [0, 0.05) is 6.42 Å². The van der Waals surface area contributed by atoms with E-state index >= 15 is 0 Å². The minimum absolute atomic E-state index is 0.274. The fourth-order valence-corrected chi connectivity index (χ4v) is 3.67. The molecule has 1 aromatic carbocycles. The molecule has 0 aliphatic rings. The normalized spacial score (nSPS) is 11.9. The molecule has 27 heavy (non-hydrogen) atoms. The van der Waals surface area contributed by atoms with E-state index in [4.69, 9.17) is 0 Å². The van der Waals surface area contributed by atoms with E-state index in [1.54, 1.807) is 0 Å². The fourth-order valence-electron chi connectivity index (χ4n) is 3.16. The molecule has 0 saturated heterocycles. The van der Waals surface area contributed by atoms with Gasteiger partial charge in [-0.15, -0.1) is 0 Å². The monoisotopic (exact) mass is 561 g/mol. The molecule has 154 valence electrons. The summed E-state index contributed by atoms with van der Waals surface area (Å²) < 4.78 is 41.7. The Morgan fingerprint density at radius 1 is 0.815 bits per heavy atom. The second kappa shape index (κ2) is 11.0. The predicted molar refractivity (Wildman–Crippen MR) is 98.9 cm³/mol. The standard InChI is InChI=1S/C21H29F3N2.Pt/c1-25-15-16-26(18-25)17-20-12-10-19(11-13-20)9-7-5-3-2-4-6-8-14-21(22,23)24;/h10-13,15-16H,2-9,14,17H2,1H3;. The third kappa shape index (κ3) is 8.63. The third-order valence-electron chi connectivity index (χ3n) is 4.76. The first-order valence-electron chi connectivity index (χ1n) is 9.67. The number of alkyl halides is 3. The summed E-state index contributed by atoms with van der Waals surface area (Å²) in [6, 6.07) is 8.82. The second-order valence-corrected chi connectivity index (χ2v) is 8.20. The van der Waals surface area contributed by atoms with Crippen LogP contribution in [0.4, 0.5) is 13.2 Å². The zero-order chi connectivity index (χ0) is 19.7. The zero-order valence-corrected chi connectivity index (χ0v) is 18.2. The summed E-state index contributed by atoms with van der Waals surface area (Å²) in [5.74, 6) is 0. The van der Waals surface area contributed by atoms with Crippen molar-refractivity contribution < 1.29 is 32.5 Å². The summed E-state index contributed by atoms with van der Waals surface area (Å²) in [4.78, 5) is 0. The van der Waals surface area contributed by atoms with E-state index in [1.165, 1.54) is 14.9 Å². The Hall–Kier alpha value is -1.09. The van der Waals surface area contributed by atoms with Gasteiger partial charge in [0.25, 0.3) is 0 Å². The van der Waals surface area contributed by atoms with E-state index in [1.807, 2.05) is 7.05 Å². The zero-order valence-electron chi connectivity index (χ0n) is 15.9. The van der Waals surface area contributed by atoms with Gasteiger partial charge in [0.1, 0.15) is 0 Å². The van der Waals surface area contributed by atoms with Gasteiger partial charge in [-0.1, -0.05) is 12.8 Å². The Balaban J connectivity index is 1.58. The van der Waals surface area contributed by atoms with E-state index in [0.29, 0.717) is 6.42 Å². The second-order valence-electron chi connectivity index (χ2n) is 7.18. The van der Waals surface area contributed by atoms with E-state index in [-0.39, 0.29) is 6.42 Å². The number of aromatic nitrogens is 2. The van der Waals surface area contributed by atoms with Crippen molar-refractivity contribution in [2.24, 2.45) is 7.05 Å². The number of halogens is 3. The van der Waals surface area contributed by atoms with Crippen LogP contribution in [0, 0.1) is 3.80 Å². The van der Waals surface area contributed by atoms with Gasteiger partial charge in [0.15, 0.2) is 0 Å². The van der Waals surface area contributed by atoms with Crippen molar-refractivity contribution in [2.75, 3.05) is 0 Å². The molecule has 1 heterocycles. The molecule has 0 saturated carbocycles. The molecule has 0 bridgehead atoms. The van der Waals surface area contributed by atoms with E-state index in [2.05, 4.69) is 65.1 Å². The van der Waals surface area contributed by atoms with Crippen LogP contribution >= 0.6 is 0 Å². The summed E-state index contributed by atoms with van der Waals surface area (Å²) in [7, 11) is 2.05. The van der Waals surface area contributed by atoms with Crippen LogP contribution in [0.3, 0.4) is 0 Å². The van der Waals surface area contributed by atoms with Gasteiger partial charge in [-0.05, 0) is 6.42 Å². The summed E-state index contributed by atoms with van der Waals surface area (Å²) in [5.41, 5.74) is 2.66. The van der Waals surface area contributed by atoms with Gasteiger partial charge in [0.2, 0.25) is 0 Å². The molecule has 0 aliphatic heterocycles. The van der Waals surface area contributed by atoms with Crippen LogP contribution in [0.2, 0.25) is 0 Å². The third-order valence-corrected chi connectivity index (χ3v) is 6.21. The van der Waals surface area contributed by atoms with Crippen molar-refractivity contribution >= 4 is 0 Å². The van der Waals surface area contributed by atoms with Crippen molar-refractivity contribution in [3.63, 3.8) is 0 Å². The van der Waals surface area contributed by atoms with Gasteiger partial charge >= 0.3 is 132 Å². The number of imidazole rings is 1. The summed E-state index contributed by atoms with van der Waals surface area (Å²) in [5, 5.41) is 0. The summed E-state index contributed by atoms with van der Waals surface area (Å²) in [6.07, 6.45) is 6.95. The maximum atomic E-state index is 12.0. The van der Waals surface area contributed by atoms with Crippen molar-refractivity contribution in [1.29, 1.82) is 0 Å². The topological polar surface area (TPSA) is 9.86 Å². The molecule has 0 aliphatic carbocycles. The molecule has 2 nitrogen and oxygen atoms in total. The van der Waals surface area contributed by atoms with Crippen LogP contribution in [0.25, 0.3) is 0 Å². The Morgan fingerprint density at radius 2 is 1.37 bits per heavy atom. The minimum atomic E-state index is -3.99. The van der Waals surface area contributed by atoms with E-state index < -0.39 is 12.6 Å². The molecular weight excluding hydrogens is 532 g/mol. The van der Waals surface area contributed by atoms with Gasteiger partial charge in [-0.2, -0.15) is 13.2 Å². The Labute approximate surface area is 170 Å². The van der Waals surface area contributed by atoms with Gasteiger partial charge in [0.05, 0.1) is 0 Å². The SMILES string of the molecule is Cn1ccn(Cc2ccc(CCCCCCCCCC(F)(F)F)cc2)[c]1=[Pt]. The van der Waals surface area contributed by atoms with Crippen LogP contribution < -0.4 is 0 Å². The molecule has 6 heteroatoms. The average Bonchev–Trinajstić information content (AvgIpc) is 2.93. The van der Waals surface area contributed by atoms with Crippen molar-refractivity contribution in [3.8, 4) is 0 Å². The van der Waals surface area contributed by atoms with Crippen LogP contribution in [0.1, 0.15) is 62.5 Å². The predicted octanol–water partition coefficient (Wildman–Crippen LogP) is 6.18. The Kier molecular flexibility index (Phi) is 9.08. The number of unbranched alkanes of at least 4 members (excludes halogenated alkanes) is 6. The molecule has 2 aromatic rings. The van der Waals surface area contributed by atoms with E-state index in [9.17, 15) is 13.2 Å². The Morgan fingerprint density at radius 3 is 1.93 bits per heavy atom. The molecule has 1 aromatic heterocycles. The number of hydrogen-bond donors (Lipinski definition) is 0. The number of hydrogen-bond acceptors (Lipinski definition) is 0. The van der Waals surface area contributed by atoms with Crippen LogP contribution in [-0.4, -0.2) is 15.3 Å². The maximum absolute atomic E-state index is 12.0. The molecule has 0 N–H and O–H groups in total. The average molecular weight is 562 g/mol. The van der Waals surface area contributed by atoms with Gasteiger partial charge in [-0.3, -0.25) is 0 Å². The van der Waals surface area contributed by atoms with Gasteiger partial charge < -0.3 is 0 Å². The number of aryl methyl sites for hydroxylation is 2. The fraction of sp³-hybridized carbons (Fsp3) is 0.571. The van der Waals surface area contributed by atoms with Crippen LogP contribution in [0.5, 0.6) is 0 Å². The van der Waals surface area contributed by atoms with Crippen LogP contribution in [0.15, 0.2) is 36.7 Å². The molecule has 0 amide bonds. The number of nitrogens with zero attached hydrogens (tertiary/aromatic N) is 2. The molecular formula is C21H29F3N2Pt. The number of rotatable bonds is 11. The first-order valence-corrected chi connectivity index (χ1v) is 10.8. The van der Waals surface area contributed by atoms with Crippen molar-refractivity contribution in [2.45, 2.75) is 70.5 Å². The number of benzene rings is 1. The molecule has 2 rings (SSSR count). The van der Waals surface area contributed by atoms with Gasteiger partial charge in [-0.25, -0.2) is 0 Å². The summed E-state index contributed by atoms with van der Waals surface area (Å²) in [6.45, 7) is 0.883. The molecule has 0 spiro atoms. The first kappa shape index (κ1) is 22.2. The van der Waals surface area contributed by atoms with Crippen LogP contribution in [-0.2, 0) is 39.4 Å². The van der Waals surface area contributed by atoms with Crippen molar-refractivity contribution in [1.82, 2.24) is 9.13 Å². The molecule has 0 unspecified atom stereocenters. The molecule has 0 radical (unpaired) electrons. The Bertz CT molecular complexity index is 729. The van der Waals surface area contributed by atoms with E-state index in [0.717, 1.165) is 45.1 Å². The molecule has 0 atom stereocenters.